The number of rotatable bonds is 25. The Kier molecular flexibility index (Phi) is 23.9. The topological polar surface area (TPSA) is 93.7 Å². The molecule has 2 rings (SSSR count). The van der Waals surface area contributed by atoms with E-state index in [0.29, 0.717) is 58.8 Å². The van der Waals surface area contributed by atoms with Crippen molar-refractivity contribution >= 4 is 17.6 Å². The number of ether oxygens (including phenoxy) is 2. The second kappa shape index (κ2) is 27.6. The number of unbranched alkanes of at least 4 members (excludes halogenated alkanes) is 1. The summed E-state index contributed by atoms with van der Waals surface area (Å²) < 4.78 is 11.0. The van der Waals surface area contributed by atoms with Gasteiger partial charge >= 0.3 is 0 Å². The molecule has 59 heavy (non-hydrogen) atoms. The maximum Gasteiger partial charge on any atom is 0.244 e. The van der Waals surface area contributed by atoms with Crippen molar-refractivity contribution < 1.29 is 23.9 Å². The van der Waals surface area contributed by atoms with E-state index < -0.39 is 5.92 Å². The smallest absolute Gasteiger partial charge is 0.244 e. The number of hydrogen-bond acceptors (Lipinski definition) is 5. The van der Waals surface area contributed by atoms with Gasteiger partial charge in [-0.1, -0.05) is 125 Å². The fraction of sp³-hybridized carbons (Fsp3) is 0.558. The Morgan fingerprint density at radius 1 is 0.780 bits per heavy atom. The SMILES string of the molecule is CCCOCCOCCNC(=O)[C@@H](CCCCNC(=O)/C=C(C)/C=C/C=C/C=C1/C(C)=CCCC1(C)C)CC(=O)/C=C(C)/C=C/C=C(C)/C=C/C1=C(C)CCCC1(C)C. The number of allylic oxidation sites excluding steroid dienone is 19. The van der Waals surface area contributed by atoms with Gasteiger partial charge in [-0.2, -0.15) is 0 Å². The van der Waals surface area contributed by atoms with Gasteiger partial charge in [-0.25, -0.2) is 0 Å². The van der Waals surface area contributed by atoms with Crippen molar-refractivity contribution in [3.8, 4) is 0 Å². The Morgan fingerprint density at radius 2 is 1.49 bits per heavy atom. The monoisotopic (exact) mass is 811 g/mol. The number of ketones is 1. The Hall–Kier alpha value is -4.07. The molecule has 0 saturated carbocycles. The second-order valence-electron chi connectivity index (χ2n) is 17.6. The van der Waals surface area contributed by atoms with E-state index in [9.17, 15) is 14.4 Å². The van der Waals surface area contributed by atoms with E-state index in [4.69, 9.17) is 9.47 Å². The van der Waals surface area contributed by atoms with E-state index in [1.54, 1.807) is 12.2 Å². The summed E-state index contributed by atoms with van der Waals surface area (Å²) >= 11 is 0. The first kappa shape index (κ1) is 51.1. The third-order valence-corrected chi connectivity index (χ3v) is 11.1. The molecule has 0 fully saturated rings. The van der Waals surface area contributed by atoms with Crippen LogP contribution in [0.1, 0.15) is 133 Å². The Bertz CT molecular complexity index is 1690. The lowest BCUT2D eigenvalue weighted by molar-refractivity contribution is -0.128. The highest BCUT2D eigenvalue weighted by Gasteiger charge is 2.27. The number of carbonyl (C=O) groups is 3. The molecule has 2 aliphatic carbocycles. The zero-order chi connectivity index (χ0) is 43.7. The van der Waals surface area contributed by atoms with Crippen LogP contribution in [0.2, 0.25) is 0 Å². The third-order valence-electron chi connectivity index (χ3n) is 11.1. The van der Waals surface area contributed by atoms with E-state index in [-0.39, 0.29) is 34.8 Å². The summed E-state index contributed by atoms with van der Waals surface area (Å²) in [5, 5.41) is 5.92. The van der Waals surface area contributed by atoms with Crippen molar-refractivity contribution in [1.29, 1.82) is 0 Å². The predicted molar refractivity (Wildman–Crippen MR) is 248 cm³/mol. The molecular weight excluding hydrogens is 733 g/mol. The number of carbonyl (C=O) groups excluding carboxylic acids is 3. The van der Waals surface area contributed by atoms with Crippen LogP contribution in [-0.2, 0) is 23.9 Å². The van der Waals surface area contributed by atoms with Crippen molar-refractivity contribution in [2.75, 3.05) is 39.5 Å². The first-order valence-corrected chi connectivity index (χ1v) is 22.1. The Morgan fingerprint density at radius 3 is 2.20 bits per heavy atom. The molecule has 2 aliphatic rings. The van der Waals surface area contributed by atoms with E-state index in [1.807, 2.05) is 44.2 Å². The van der Waals surface area contributed by atoms with E-state index in [0.717, 1.165) is 36.0 Å². The summed E-state index contributed by atoms with van der Waals surface area (Å²) in [6.45, 7) is 24.5. The lowest BCUT2D eigenvalue weighted by Crippen LogP contribution is -2.34. The van der Waals surface area contributed by atoms with Gasteiger partial charge in [0.2, 0.25) is 11.8 Å². The molecule has 0 bridgehead atoms. The van der Waals surface area contributed by atoms with Crippen molar-refractivity contribution in [3.05, 3.63) is 118 Å². The van der Waals surface area contributed by atoms with E-state index >= 15 is 0 Å². The highest BCUT2D eigenvalue weighted by Crippen LogP contribution is 2.41. The molecule has 7 nitrogen and oxygen atoms in total. The minimum absolute atomic E-state index is 0.0857. The van der Waals surface area contributed by atoms with Gasteiger partial charge in [0.25, 0.3) is 0 Å². The quantitative estimate of drug-likeness (QED) is 0.0544. The van der Waals surface area contributed by atoms with Gasteiger partial charge in [0.05, 0.1) is 19.8 Å². The molecule has 0 aromatic heterocycles. The summed E-state index contributed by atoms with van der Waals surface area (Å²) in [7, 11) is 0. The minimum atomic E-state index is -0.478. The van der Waals surface area contributed by atoms with Crippen LogP contribution in [0, 0.1) is 16.7 Å². The summed E-state index contributed by atoms with van der Waals surface area (Å²) in [6, 6.07) is 0. The molecule has 0 aromatic rings. The van der Waals surface area contributed by atoms with Crippen molar-refractivity contribution in [2.45, 2.75) is 133 Å². The molecule has 0 unspecified atom stereocenters. The van der Waals surface area contributed by atoms with Crippen LogP contribution in [0.25, 0.3) is 0 Å². The molecule has 0 heterocycles. The van der Waals surface area contributed by atoms with Crippen LogP contribution in [0.5, 0.6) is 0 Å². The molecule has 2 amide bonds. The molecule has 0 radical (unpaired) electrons. The maximum absolute atomic E-state index is 13.3. The average Bonchev–Trinajstić information content (AvgIpc) is 3.15. The Balaban J connectivity index is 1.92. The van der Waals surface area contributed by atoms with Crippen LogP contribution in [-0.4, -0.2) is 57.1 Å². The fourth-order valence-electron chi connectivity index (χ4n) is 7.66. The standard InChI is InChI=1S/C52H78N2O5/c1-11-33-58-35-36-59-34-32-54-50(57)45(39-46(55)37-41(3)22-17-21-40(2)27-28-48-44(6)24-19-30-52(48,9)10)25-15-16-31-53-49(56)38-42(4)20-13-12-14-26-47-43(5)23-18-29-51(47,7)8/h12-14,17,20-23,26-28,37-38,45H,11,15-16,18-19,24-25,29-36,39H2,1-10H3,(H,53,56)(H,54,57)/b14-12+,20-13+,22-17+,28-27+,40-21+,41-37+,42-38+,47-26-/t45-/m0/s1. The van der Waals surface area contributed by atoms with E-state index in [2.05, 4.69) is 102 Å². The van der Waals surface area contributed by atoms with E-state index in [1.165, 1.54) is 41.6 Å². The van der Waals surface area contributed by atoms with Crippen LogP contribution < -0.4 is 10.6 Å². The lowest BCUT2D eigenvalue weighted by Gasteiger charge is -2.32. The number of hydrogen-bond donors (Lipinski definition) is 2. The zero-order valence-electron chi connectivity index (χ0n) is 38.4. The van der Waals surface area contributed by atoms with Crippen LogP contribution in [0.4, 0.5) is 0 Å². The molecule has 7 heteroatoms. The average molecular weight is 811 g/mol. The van der Waals surface area contributed by atoms with Gasteiger partial charge < -0.3 is 20.1 Å². The number of nitrogens with one attached hydrogen (secondary N) is 2. The van der Waals surface area contributed by atoms with Gasteiger partial charge in [-0.15, -0.1) is 0 Å². The lowest BCUT2D eigenvalue weighted by atomic mass is 9.72. The highest BCUT2D eigenvalue weighted by atomic mass is 16.5. The number of amides is 2. The van der Waals surface area contributed by atoms with Gasteiger partial charge in [0.15, 0.2) is 5.78 Å². The predicted octanol–water partition coefficient (Wildman–Crippen LogP) is 11.7. The van der Waals surface area contributed by atoms with Crippen molar-refractivity contribution in [2.24, 2.45) is 16.7 Å². The van der Waals surface area contributed by atoms with Gasteiger partial charge in [0, 0.05) is 38.1 Å². The summed E-state index contributed by atoms with van der Waals surface area (Å²) in [5.41, 5.74) is 8.84. The van der Waals surface area contributed by atoms with Crippen molar-refractivity contribution in [1.82, 2.24) is 10.6 Å². The summed E-state index contributed by atoms with van der Waals surface area (Å²) in [6.07, 6.45) is 35.0. The molecule has 0 aromatic carbocycles. The third kappa shape index (κ3) is 21.1. The van der Waals surface area contributed by atoms with Crippen molar-refractivity contribution in [3.63, 3.8) is 0 Å². The highest BCUT2D eigenvalue weighted by molar-refractivity contribution is 5.94. The van der Waals surface area contributed by atoms with Gasteiger partial charge in [-0.05, 0) is 125 Å². The summed E-state index contributed by atoms with van der Waals surface area (Å²) in [5.74, 6) is -0.870. The molecular formula is C52H78N2O5. The maximum atomic E-state index is 13.3. The molecule has 2 N–H and O–H groups in total. The normalized spacial score (nSPS) is 19.1. The largest absolute Gasteiger partial charge is 0.379 e. The van der Waals surface area contributed by atoms with Crippen LogP contribution >= 0.6 is 0 Å². The zero-order valence-corrected chi connectivity index (χ0v) is 38.4. The molecule has 1 atom stereocenters. The van der Waals surface area contributed by atoms with Crippen LogP contribution in [0.3, 0.4) is 0 Å². The molecule has 0 saturated heterocycles. The summed E-state index contributed by atoms with van der Waals surface area (Å²) in [4.78, 5) is 39.1. The van der Waals surface area contributed by atoms with Gasteiger partial charge in [-0.3, -0.25) is 14.4 Å². The van der Waals surface area contributed by atoms with Gasteiger partial charge in [0.1, 0.15) is 0 Å². The molecule has 326 valence electrons. The Labute approximate surface area is 358 Å². The molecule has 0 aliphatic heterocycles. The molecule has 0 spiro atoms. The second-order valence-corrected chi connectivity index (χ2v) is 17.6. The van der Waals surface area contributed by atoms with Crippen LogP contribution in [0.15, 0.2) is 118 Å². The first-order chi connectivity index (χ1) is 28.1. The minimum Gasteiger partial charge on any atom is -0.379 e. The first-order valence-electron chi connectivity index (χ1n) is 22.1. The fourth-order valence-corrected chi connectivity index (χ4v) is 7.66.